The summed E-state index contributed by atoms with van der Waals surface area (Å²) in [5.74, 6) is -1.63. The van der Waals surface area contributed by atoms with E-state index in [0.29, 0.717) is 6.54 Å². The molecule has 1 atom stereocenters. The molecule has 0 bridgehead atoms. The van der Waals surface area contributed by atoms with Gasteiger partial charge in [-0.15, -0.1) is 0 Å². The highest BCUT2D eigenvalue weighted by molar-refractivity contribution is 5.97. The molecule has 0 aromatic heterocycles. The van der Waals surface area contributed by atoms with Crippen LogP contribution in [0.3, 0.4) is 0 Å². The topological polar surface area (TPSA) is 55.8 Å². The summed E-state index contributed by atoms with van der Waals surface area (Å²) in [4.78, 5) is 16.3. The van der Waals surface area contributed by atoms with E-state index in [-0.39, 0.29) is 17.4 Å². The van der Waals surface area contributed by atoms with E-state index in [1.807, 2.05) is 14.1 Å². The smallest absolute Gasteiger partial charge is 0.258 e. The number of amides is 1. The van der Waals surface area contributed by atoms with Crippen LogP contribution in [0.2, 0.25) is 0 Å². The summed E-state index contributed by atoms with van der Waals surface area (Å²) in [5.41, 5.74) is -0.292. The van der Waals surface area contributed by atoms with Crippen LogP contribution in [0, 0.1) is 5.82 Å². The molecule has 1 aromatic rings. The Bertz CT molecular complexity index is 475. The number of phenols is 1. The third-order valence-corrected chi connectivity index (χ3v) is 3.70. The summed E-state index contributed by atoms with van der Waals surface area (Å²) in [6, 6.07) is 4.02. The molecule has 1 heterocycles. The fourth-order valence-corrected chi connectivity index (χ4v) is 2.36. The van der Waals surface area contributed by atoms with Crippen LogP contribution >= 0.6 is 0 Å². The summed E-state index contributed by atoms with van der Waals surface area (Å²) in [7, 11) is 4.04. The summed E-state index contributed by atoms with van der Waals surface area (Å²) < 4.78 is 13.6. The molecule has 0 aliphatic carbocycles. The summed E-state index contributed by atoms with van der Waals surface area (Å²) in [5, 5.41) is 12.3. The molecular formula is C14H20FN3O2. The average Bonchev–Trinajstić information content (AvgIpc) is 2.39. The lowest BCUT2D eigenvalue weighted by molar-refractivity contribution is 0.0875. The molecule has 1 fully saturated rings. The van der Waals surface area contributed by atoms with Crippen molar-refractivity contribution >= 4 is 5.91 Å². The van der Waals surface area contributed by atoms with Gasteiger partial charge in [0.05, 0.1) is 0 Å². The van der Waals surface area contributed by atoms with Crippen LogP contribution in [-0.4, -0.2) is 67.1 Å². The minimum atomic E-state index is -0.711. The van der Waals surface area contributed by atoms with Crippen molar-refractivity contribution in [1.29, 1.82) is 0 Å². The second-order valence-corrected chi connectivity index (χ2v) is 5.24. The van der Waals surface area contributed by atoms with E-state index >= 15 is 0 Å². The van der Waals surface area contributed by atoms with E-state index in [4.69, 9.17) is 0 Å². The molecule has 110 valence electrons. The molecule has 2 N–H and O–H groups in total. The van der Waals surface area contributed by atoms with Gasteiger partial charge in [-0.3, -0.25) is 9.69 Å². The van der Waals surface area contributed by atoms with Crippen molar-refractivity contribution in [2.45, 2.75) is 6.04 Å². The first-order valence-corrected chi connectivity index (χ1v) is 6.63. The molecule has 1 unspecified atom stereocenters. The molecule has 1 aromatic carbocycles. The quantitative estimate of drug-likeness (QED) is 0.847. The van der Waals surface area contributed by atoms with Gasteiger partial charge in [0, 0.05) is 32.2 Å². The molecule has 1 amide bonds. The molecule has 0 spiro atoms. The minimum Gasteiger partial charge on any atom is -0.507 e. The number of nitrogens with zero attached hydrogens (tertiary/aromatic N) is 2. The van der Waals surface area contributed by atoms with Crippen molar-refractivity contribution in [2.75, 3.05) is 40.3 Å². The second-order valence-electron chi connectivity index (χ2n) is 5.24. The molecule has 1 aliphatic rings. The second kappa shape index (κ2) is 6.19. The van der Waals surface area contributed by atoms with Crippen molar-refractivity contribution in [1.82, 2.24) is 15.1 Å². The molecule has 2 rings (SSSR count). The summed E-state index contributed by atoms with van der Waals surface area (Å²) in [6.45, 7) is 3.20. The molecule has 1 aliphatic heterocycles. The predicted molar refractivity (Wildman–Crippen MR) is 74.3 cm³/mol. The van der Waals surface area contributed by atoms with Gasteiger partial charge in [0.25, 0.3) is 5.91 Å². The first kappa shape index (κ1) is 14.7. The molecule has 5 nitrogen and oxygen atoms in total. The number of phenolic OH excluding ortho intramolecular Hbond substituents is 1. The number of benzene rings is 1. The Morgan fingerprint density at radius 1 is 1.45 bits per heavy atom. The normalized spacial score (nSPS) is 20.9. The third-order valence-electron chi connectivity index (χ3n) is 3.70. The number of nitrogens with one attached hydrogen (secondary N) is 1. The Morgan fingerprint density at radius 2 is 2.20 bits per heavy atom. The zero-order valence-electron chi connectivity index (χ0n) is 11.8. The Hall–Kier alpha value is -1.66. The zero-order chi connectivity index (χ0) is 14.7. The van der Waals surface area contributed by atoms with Crippen LogP contribution in [0.25, 0.3) is 0 Å². The largest absolute Gasteiger partial charge is 0.507 e. The Kier molecular flexibility index (Phi) is 4.57. The Labute approximate surface area is 118 Å². The molecule has 0 saturated carbocycles. The number of piperazine rings is 1. The van der Waals surface area contributed by atoms with Gasteiger partial charge in [0.2, 0.25) is 0 Å². The van der Waals surface area contributed by atoms with Gasteiger partial charge >= 0.3 is 0 Å². The standard InChI is InChI=1S/C14H20FN3O2/c1-17-6-7-18(2)10(9-17)8-16-14(20)13-11(15)4-3-5-12(13)19/h3-5,10,19H,6-9H2,1-2H3,(H,16,20). The van der Waals surface area contributed by atoms with Gasteiger partial charge in [0.1, 0.15) is 17.1 Å². The number of aromatic hydroxyl groups is 1. The van der Waals surface area contributed by atoms with Crippen molar-refractivity contribution < 1.29 is 14.3 Å². The van der Waals surface area contributed by atoms with Gasteiger partial charge in [0.15, 0.2) is 0 Å². The average molecular weight is 281 g/mol. The van der Waals surface area contributed by atoms with E-state index in [1.165, 1.54) is 12.1 Å². The number of carbonyl (C=O) groups excluding carboxylic acids is 1. The van der Waals surface area contributed by atoms with E-state index in [0.717, 1.165) is 25.7 Å². The van der Waals surface area contributed by atoms with E-state index in [2.05, 4.69) is 15.1 Å². The van der Waals surface area contributed by atoms with Crippen LogP contribution < -0.4 is 5.32 Å². The Morgan fingerprint density at radius 3 is 2.90 bits per heavy atom. The lowest BCUT2D eigenvalue weighted by atomic mass is 10.1. The minimum absolute atomic E-state index is 0.187. The Balaban J connectivity index is 1.98. The number of rotatable bonds is 3. The zero-order valence-corrected chi connectivity index (χ0v) is 11.8. The number of carbonyl (C=O) groups is 1. The van der Waals surface area contributed by atoms with Gasteiger partial charge < -0.3 is 15.3 Å². The maximum absolute atomic E-state index is 13.6. The van der Waals surface area contributed by atoms with Gasteiger partial charge in [-0.25, -0.2) is 4.39 Å². The van der Waals surface area contributed by atoms with Crippen molar-refractivity contribution in [2.24, 2.45) is 0 Å². The lowest BCUT2D eigenvalue weighted by Crippen LogP contribution is -2.54. The van der Waals surface area contributed by atoms with Crippen LogP contribution in [0.4, 0.5) is 4.39 Å². The first-order valence-electron chi connectivity index (χ1n) is 6.63. The molecule has 0 radical (unpaired) electrons. The monoisotopic (exact) mass is 281 g/mol. The van der Waals surface area contributed by atoms with Crippen LogP contribution in [0.15, 0.2) is 18.2 Å². The van der Waals surface area contributed by atoms with Crippen LogP contribution in [0.1, 0.15) is 10.4 Å². The molecule has 1 saturated heterocycles. The van der Waals surface area contributed by atoms with Crippen molar-refractivity contribution in [3.63, 3.8) is 0 Å². The molecule has 6 heteroatoms. The summed E-state index contributed by atoms with van der Waals surface area (Å²) in [6.07, 6.45) is 0. The predicted octanol–water partition coefficient (Wildman–Crippen LogP) is 0.507. The molecular weight excluding hydrogens is 261 g/mol. The fourth-order valence-electron chi connectivity index (χ4n) is 2.36. The number of hydrogen-bond donors (Lipinski definition) is 2. The first-order chi connectivity index (χ1) is 9.49. The van der Waals surface area contributed by atoms with Crippen LogP contribution in [-0.2, 0) is 0 Å². The highest BCUT2D eigenvalue weighted by Crippen LogP contribution is 2.19. The van der Waals surface area contributed by atoms with E-state index < -0.39 is 11.7 Å². The van der Waals surface area contributed by atoms with E-state index in [1.54, 1.807) is 0 Å². The van der Waals surface area contributed by atoms with Crippen LogP contribution in [0.5, 0.6) is 5.75 Å². The van der Waals surface area contributed by atoms with Crippen molar-refractivity contribution in [3.05, 3.63) is 29.6 Å². The van der Waals surface area contributed by atoms with Gasteiger partial charge in [-0.05, 0) is 26.2 Å². The van der Waals surface area contributed by atoms with Gasteiger partial charge in [-0.1, -0.05) is 6.07 Å². The summed E-state index contributed by atoms with van der Waals surface area (Å²) >= 11 is 0. The highest BCUT2D eigenvalue weighted by atomic mass is 19.1. The third kappa shape index (κ3) is 3.26. The maximum atomic E-state index is 13.6. The SMILES string of the molecule is CN1CCN(C)C(CNC(=O)c2c(O)cccc2F)C1. The number of hydrogen-bond acceptors (Lipinski definition) is 4. The number of likely N-dealkylation sites (N-methyl/N-ethyl adjacent to an activating group) is 2. The fraction of sp³-hybridized carbons (Fsp3) is 0.500. The number of halogens is 1. The lowest BCUT2D eigenvalue weighted by Gasteiger charge is -2.37. The highest BCUT2D eigenvalue weighted by Gasteiger charge is 2.23. The maximum Gasteiger partial charge on any atom is 0.258 e. The molecule has 20 heavy (non-hydrogen) atoms. The van der Waals surface area contributed by atoms with Gasteiger partial charge in [-0.2, -0.15) is 0 Å². The van der Waals surface area contributed by atoms with Crippen molar-refractivity contribution in [3.8, 4) is 5.75 Å². The van der Waals surface area contributed by atoms with E-state index in [9.17, 15) is 14.3 Å².